The summed E-state index contributed by atoms with van der Waals surface area (Å²) in [6.45, 7) is 4.88. The molecule has 1 aliphatic carbocycles. The summed E-state index contributed by atoms with van der Waals surface area (Å²) in [5.74, 6) is 0.0268. The van der Waals surface area contributed by atoms with E-state index in [1.165, 1.54) is 5.39 Å². The Bertz CT molecular complexity index is 1860. The molecule has 3 aromatic carbocycles. The molecule has 7 rings (SSSR count). The molecule has 2 aromatic heterocycles. The highest BCUT2D eigenvalue weighted by molar-refractivity contribution is 6.06. The Hall–Kier alpha value is -3.90. The molecule has 40 heavy (non-hydrogen) atoms. The van der Waals surface area contributed by atoms with Crippen molar-refractivity contribution in [2.45, 2.75) is 58.0 Å². The van der Waals surface area contributed by atoms with Crippen LogP contribution in [-0.4, -0.2) is 34.6 Å². The number of carbonyl (C=O) groups is 1. The SMILES string of the molecule is Cc1c(CC(=O)N2CCC3(O)CCCC[C@H]3C2)c(=O)oc2c(C)c3occ(-c4ccc5ccccc5c4)c3cc12. The predicted molar refractivity (Wildman–Crippen MR) is 156 cm³/mol. The molecule has 2 atom stereocenters. The number of amides is 1. The van der Waals surface area contributed by atoms with Crippen LogP contribution < -0.4 is 5.63 Å². The molecule has 5 aromatic rings. The third-order valence-electron chi connectivity index (χ3n) is 9.51. The molecule has 1 aliphatic heterocycles. The number of rotatable bonds is 3. The third kappa shape index (κ3) is 3.96. The van der Waals surface area contributed by atoms with Gasteiger partial charge in [-0.2, -0.15) is 0 Å². The molecule has 1 N–H and O–H groups in total. The zero-order valence-electron chi connectivity index (χ0n) is 23.0. The zero-order valence-corrected chi connectivity index (χ0v) is 23.0. The molecule has 0 radical (unpaired) electrons. The number of furan rings is 1. The molecule has 1 amide bonds. The van der Waals surface area contributed by atoms with Crippen LogP contribution in [0.1, 0.15) is 48.8 Å². The van der Waals surface area contributed by atoms with Crippen LogP contribution in [0.15, 0.2) is 68.4 Å². The fraction of sp³-hybridized carbons (Fsp3) is 0.353. The maximum absolute atomic E-state index is 13.4. The van der Waals surface area contributed by atoms with Crippen molar-refractivity contribution >= 4 is 38.6 Å². The minimum Gasteiger partial charge on any atom is -0.463 e. The topological polar surface area (TPSA) is 83.9 Å². The first-order valence-electron chi connectivity index (χ1n) is 14.3. The van der Waals surface area contributed by atoms with Gasteiger partial charge in [-0.25, -0.2) is 4.79 Å². The van der Waals surface area contributed by atoms with Gasteiger partial charge in [0.2, 0.25) is 5.91 Å². The molecule has 204 valence electrons. The average Bonchev–Trinajstić information content (AvgIpc) is 3.39. The minimum absolute atomic E-state index is 0.00470. The van der Waals surface area contributed by atoms with Gasteiger partial charge >= 0.3 is 5.63 Å². The summed E-state index contributed by atoms with van der Waals surface area (Å²) < 4.78 is 11.9. The highest BCUT2D eigenvalue weighted by Crippen LogP contribution is 2.41. The Morgan fingerprint density at radius 2 is 1.82 bits per heavy atom. The average molecular weight is 536 g/mol. The van der Waals surface area contributed by atoms with Crippen LogP contribution in [-0.2, 0) is 11.2 Å². The number of fused-ring (bicyclic) bond motifs is 4. The van der Waals surface area contributed by atoms with Crippen molar-refractivity contribution in [1.82, 2.24) is 4.90 Å². The van der Waals surface area contributed by atoms with Gasteiger partial charge in [-0.15, -0.1) is 0 Å². The molecule has 1 unspecified atom stereocenters. The molecule has 6 nitrogen and oxygen atoms in total. The number of hydrogen-bond acceptors (Lipinski definition) is 5. The smallest absolute Gasteiger partial charge is 0.340 e. The number of aliphatic hydroxyl groups is 1. The highest BCUT2D eigenvalue weighted by Gasteiger charge is 2.43. The van der Waals surface area contributed by atoms with Crippen molar-refractivity contribution in [1.29, 1.82) is 0 Å². The molecular formula is C34H33NO5. The second kappa shape index (κ2) is 9.34. The van der Waals surface area contributed by atoms with E-state index >= 15 is 0 Å². The molecule has 2 fully saturated rings. The monoisotopic (exact) mass is 535 g/mol. The van der Waals surface area contributed by atoms with Gasteiger partial charge in [0, 0.05) is 40.9 Å². The van der Waals surface area contributed by atoms with Gasteiger partial charge in [0.25, 0.3) is 0 Å². The number of hydrogen-bond donors (Lipinski definition) is 1. The molecule has 1 saturated carbocycles. The lowest BCUT2D eigenvalue weighted by Gasteiger charge is -2.47. The molecular weight excluding hydrogens is 502 g/mol. The van der Waals surface area contributed by atoms with Gasteiger partial charge in [-0.05, 0) is 67.1 Å². The van der Waals surface area contributed by atoms with Crippen LogP contribution in [0, 0.1) is 19.8 Å². The van der Waals surface area contributed by atoms with Gasteiger partial charge in [-0.1, -0.05) is 49.2 Å². The molecule has 3 heterocycles. The fourth-order valence-corrected chi connectivity index (χ4v) is 7.04. The van der Waals surface area contributed by atoms with Crippen LogP contribution in [0.3, 0.4) is 0 Å². The Morgan fingerprint density at radius 3 is 2.67 bits per heavy atom. The maximum Gasteiger partial charge on any atom is 0.340 e. The first-order valence-corrected chi connectivity index (χ1v) is 14.3. The van der Waals surface area contributed by atoms with Crippen LogP contribution in [0.25, 0.3) is 43.8 Å². The molecule has 6 heteroatoms. The Morgan fingerprint density at radius 1 is 1.00 bits per heavy atom. The van der Waals surface area contributed by atoms with Gasteiger partial charge in [0.1, 0.15) is 11.2 Å². The van der Waals surface area contributed by atoms with E-state index in [-0.39, 0.29) is 18.2 Å². The summed E-state index contributed by atoms with van der Waals surface area (Å²) in [5, 5.41) is 15.1. The Labute approximate surface area is 232 Å². The lowest BCUT2D eigenvalue weighted by Crippen LogP contribution is -2.55. The molecule has 0 bridgehead atoms. The van der Waals surface area contributed by atoms with E-state index in [0.717, 1.165) is 64.1 Å². The van der Waals surface area contributed by atoms with E-state index in [0.29, 0.717) is 36.2 Å². The minimum atomic E-state index is -0.650. The van der Waals surface area contributed by atoms with Crippen LogP contribution in [0.2, 0.25) is 0 Å². The Kier molecular flexibility index (Phi) is 5.86. The van der Waals surface area contributed by atoms with E-state index in [4.69, 9.17) is 8.83 Å². The summed E-state index contributed by atoms with van der Waals surface area (Å²) >= 11 is 0. The summed E-state index contributed by atoms with van der Waals surface area (Å²) in [6.07, 6.45) is 6.25. The standard InChI is InChI=1S/C34H33NO5/c1-20-26-16-28-29(24-11-10-22-7-3-4-8-23(22)15-24)19-39-31(28)21(2)32(26)40-33(37)27(20)17-30(36)35-14-13-34(38)12-6-5-9-25(34)18-35/h3-4,7-8,10-11,15-16,19,25,38H,5-6,9,12-14,17-18H2,1-2H3/t25-,34?/m0/s1. The van der Waals surface area contributed by atoms with Gasteiger partial charge in [-0.3, -0.25) is 4.79 Å². The normalized spacial score (nSPS) is 21.3. The lowest BCUT2D eigenvalue weighted by atomic mass is 9.71. The van der Waals surface area contributed by atoms with Gasteiger partial charge in [0.05, 0.1) is 23.8 Å². The zero-order chi connectivity index (χ0) is 27.6. The van der Waals surface area contributed by atoms with Crippen molar-refractivity contribution in [3.05, 3.63) is 81.9 Å². The van der Waals surface area contributed by atoms with E-state index < -0.39 is 11.2 Å². The second-order valence-corrected chi connectivity index (χ2v) is 11.8. The lowest BCUT2D eigenvalue weighted by molar-refractivity contribution is -0.142. The summed E-state index contributed by atoms with van der Waals surface area (Å²) in [4.78, 5) is 28.4. The van der Waals surface area contributed by atoms with E-state index in [2.05, 4.69) is 30.3 Å². The summed E-state index contributed by atoms with van der Waals surface area (Å²) in [6, 6.07) is 16.7. The summed E-state index contributed by atoms with van der Waals surface area (Å²) in [7, 11) is 0. The van der Waals surface area contributed by atoms with E-state index in [9.17, 15) is 14.7 Å². The number of benzene rings is 3. The van der Waals surface area contributed by atoms with E-state index in [1.54, 1.807) is 6.26 Å². The quantitative estimate of drug-likeness (QED) is 0.261. The van der Waals surface area contributed by atoms with Crippen molar-refractivity contribution in [3.8, 4) is 11.1 Å². The van der Waals surface area contributed by atoms with Gasteiger partial charge < -0.3 is 18.8 Å². The molecule has 2 aliphatic rings. The number of piperidine rings is 1. The Balaban J connectivity index is 1.26. The first-order chi connectivity index (χ1) is 19.3. The van der Waals surface area contributed by atoms with Crippen molar-refractivity contribution in [2.24, 2.45) is 5.92 Å². The second-order valence-electron chi connectivity index (χ2n) is 11.8. The van der Waals surface area contributed by atoms with Crippen molar-refractivity contribution in [2.75, 3.05) is 13.1 Å². The van der Waals surface area contributed by atoms with Crippen LogP contribution in [0.5, 0.6) is 0 Å². The van der Waals surface area contributed by atoms with Crippen LogP contribution in [0.4, 0.5) is 0 Å². The molecule has 0 spiro atoms. The van der Waals surface area contributed by atoms with Crippen molar-refractivity contribution < 1.29 is 18.7 Å². The van der Waals surface area contributed by atoms with Gasteiger partial charge in [0.15, 0.2) is 0 Å². The third-order valence-corrected chi connectivity index (χ3v) is 9.51. The summed E-state index contributed by atoms with van der Waals surface area (Å²) in [5.41, 5.74) is 4.02. The van der Waals surface area contributed by atoms with Crippen molar-refractivity contribution in [3.63, 3.8) is 0 Å². The maximum atomic E-state index is 13.4. The largest absolute Gasteiger partial charge is 0.463 e. The predicted octanol–water partition coefficient (Wildman–Crippen LogP) is 6.67. The number of likely N-dealkylation sites (tertiary alicyclic amines) is 1. The molecule has 1 saturated heterocycles. The van der Waals surface area contributed by atoms with E-state index in [1.807, 2.05) is 36.9 Å². The highest BCUT2D eigenvalue weighted by atomic mass is 16.4. The fourth-order valence-electron chi connectivity index (χ4n) is 7.04. The number of nitrogens with zero attached hydrogens (tertiary/aromatic N) is 1. The number of aryl methyl sites for hydroxylation is 2. The number of carbonyl (C=O) groups excluding carboxylic acids is 1. The first kappa shape index (κ1) is 25.1. The van der Waals surface area contributed by atoms with Crippen LogP contribution >= 0.6 is 0 Å².